The van der Waals surface area contributed by atoms with E-state index >= 15 is 4.39 Å². The van der Waals surface area contributed by atoms with Gasteiger partial charge in [0.1, 0.15) is 18.1 Å². The van der Waals surface area contributed by atoms with Gasteiger partial charge in [0.2, 0.25) is 5.91 Å². The van der Waals surface area contributed by atoms with Gasteiger partial charge >= 0.3 is 0 Å². The summed E-state index contributed by atoms with van der Waals surface area (Å²) < 4.78 is 27.1. The molecule has 2 fully saturated rings. The van der Waals surface area contributed by atoms with Gasteiger partial charge in [-0.25, -0.2) is 4.39 Å². The number of benzene rings is 1. The third-order valence-corrected chi connectivity index (χ3v) is 7.19. The third kappa shape index (κ3) is 7.73. The van der Waals surface area contributed by atoms with Crippen molar-refractivity contribution in [2.75, 3.05) is 26.7 Å². The van der Waals surface area contributed by atoms with Gasteiger partial charge in [0.05, 0.1) is 30.4 Å². The Morgan fingerprint density at radius 1 is 1.30 bits per heavy atom. The van der Waals surface area contributed by atoms with E-state index in [2.05, 4.69) is 24.1 Å². The summed E-state index contributed by atoms with van der Waals surface area (Å²) in [5.74, 6) is -1.04. The van der Waals surface area contributed by atoms with Crippen LogP contribution in [0.1, 0.15) is 44.7 Å². The van der Waals surface area contributed by atoms with E-state index in [9.17, 15) is 14.4 Å². The van der Waals surface area contributed by atoms with Crippen LogP contribution >= 0.6 is 0 Å². The van der Waals surface area contributed by atoms with Crippen LogP contribution in [0.25, 0.3) is 0 Å². The fraction of sp³-hybridized carbons (Fsp3) is 0.483. The zero-order chi connectivity index (χ0) is 29.4. The van der Waals surface area contributed by atoms with E-state index in [1.54, 1.807) is 40.0 Å². The monoisotopic (exact) mass is 551 g/mol. The Bertz CT molecular complexity index is 1180. The third-order valence-electron chi connectivity index (χ3n) is 7.19. The normalized spacial score (nSPS) is 23.2. The molecular formula is C29H40B2FN3O5. The number of ether oxygens (including phenoxy) is 2. The fourth-order valence-corrected chi connectivity index (χ4v) is 5.26. The number of allylic oxidation sites excluding steroid dienone is 3. The van der Waals surface area contributed by atoms with Crippen LogP contribution in [-0.2, 0) is 35.8 Å². The smallest absolute Gasteiger partial charge is 0.255 e. The number of hydrogen-bond acceptors (Lipinski definition) is 6. The average Bonchev–Trinajstić information content (AvgIpc) is 3.21. The van der Waals surface area contributed by atoms with Crippen molar-refractivity contribution < 1.29 is 28.2 Å². The van der Waals surface area contributed by atoms with Crippen molar-refractivity contribution >= 4 is 33.8 Å². The van der Waals surface area contributed by atoms with E-state index in [0.29, 0.717) is 23.3 Å². The predicted octanol–water partition coefficient (Wildman–Crippen LogP) is 1.15. The van der Waals surface area contributed by atoms with Crippen molar-refractivity contribution in [3.63, 3.8) is 0 Å². The molecule has 0 aliphatic carbocycles. The number of carbonyl (C=O) groups is 3. The molecule has 1 aromatic rings. The van der Waals surface area contributed by atoms with Crippen molar-refractivity contribution in [3.8, 4) is 0 Å². The summed E-state index contributed by atoms with van der Waals surface area (Å²) in [6.45, 7) is 8.35. The number of likely N-dealkylation sites (N-methyl/N-ethyl adjacent to an activating group) is 1. The van der Waals surface area contributed by atoms with Crippen LogP contribution in [0.3, 0.4) is 0 Å². The van der Waals surface area contributed by atoms with Crippen LogP contribution < -0.4 is 5.32 Å². The van der Waals surface area contributed by atoms with Crippen molar-refractivity contribution in [2.45, 2.75) is 63.8 Å². The largest absolute Gasteiger partial charge is 0.508 e. The first-order valence-corrected chi connectivity index (χ1v) is 13.8. The molecule has 3 atom stereocenters. The molecule has 0 saturated carbocycles. The first kappa shape index (κ1) is 31.4. The second kappa shape index (κ2) is 13.9. The van der Waals surface area contributed by atoms with E-state index in [-0.39, 0.29) is 49.2 Å². The van der Waals surface area contributed by atoms with E-state index < -0.39 is 11.4 Å². The van der Waals surface area contributed by atoms with E-state index in [0.717, 1.165) is 24.9 Å². The minimum absolute atomic E-state index is 0.130. The Morgan fingerprint density at radius 3 is 2.62 bits per heavy atom. The number of carbonyl (C=O) groups excluding carboxylic acids is 3. The molecule has 0 bridgehead atoms. The SMILES string of the molecule is BC(B)(O\C=C1/CN(C(CCC=O)C(=O)NC)C(=O)/C1=C/C=C\C)c1cc(CN2CC(C)OC(C)C2)ccc1F. The van der Waals surface area contributed by atoms with Crippen molar-refractivity contribution in [2.24, 2.45) is 0 Å². The second-order valence-electron chi connectivity index (χ2n) is 11.0. The van der Waals surface area contributed by atoms with Crippen LogP contribution in [0.4, 0.5) is 4.39 Å². The van der Waals surface area contributed by atoms with E-state index in [1.807, 2.05) is 13.0 Å². The van der Waals surface area contributed by atoms with Gasteiger partial charge in [0.25, 0.3) is 5.91 Å². The van der Waals surface area contributed by atoms with Gasteiger partial charge in [-0.2, -0.15) is 0 Å². The molecule has 0 radical (unpaired) electrons. The van der Waals surface area contributed by atoms with Gasteiger partial charge in [-0.05, 0) is 51.0 Å². The summed E-state index contributed by atoms with van der Waals surface area (Å²) >= 11 is 0. The lowest BCUT2D eigenvalue weighted by Crippen LogP contribution is -2.46. The Hall–Kier alpha value is -3.17. The number of aldehydes is 1. The number of nitrogens with zero attached hydrogens (tertiary/aromatic N) is 2. The van der Waals surface area contributed by atoms with Gasteiger partial charge in [-0.3, -0.25) is 14.5 Å². The highest BCUT2D eigenvalue weighted by Crippen LogP contribution is 2.30. The number of likely N-dealkylation sites (tertiary alicyclic amines) is 1. The number of amides is 2. The molecule has 214 valence electrons. The molecule has 1 N–H and O–H groups in total. The molecule has 2 heterocycles. The van der Waals surface area contributed by atoms with Gasteiger partial charge in [-0.1, -0.05) is 18.2 Å². The maximum Gasteiger partial charge on any atom is 0.255 e. The van der Waals surface area contributed by atoms with Crippen molar-refractivity contribution in [3.05, 3.63) is 70.8 Å². The number of rotatable bonds is 11. The zero-order valence-electron chi connectivity index (χ0n) is 24.4. The van der Waals surface area contributed by atoms with Crippen LogP contribution in [-0.4, -0.2) is 88.5 Å². The molecule has 1 aromatic carbocycles. The van der Waals surface area contributed by atoms with E-state index in [1.165, 1.54) is 24.3 Å². The molecule has 11 heteroatoms. The van der Waals surface area contributed by atoms with Crippen LogP contribution in [0.15, 0.2) is 53.8 Å². The fourth-order valence-electron chi connectivity index (χ4n) is 5.26. The molecule has 0 spiro atoms. The summed E-state index contributed by atoms with van der Waals surface area (Å²) in [5, 5.41) is 1.54. The summed E-state index contributed by atoms with van der Waals surface area (Å²) in [4.78, 5) is 40.7. The Morgan fingerprint density at radius 2 is 2.00 bits per heavy atom. The molecule has 40 heavy (non-hydrogen) atoms. The van der Waals surface area contributed by atoms with Crippen LogP contribution in [0, 0.1) is 5.82 Å². The molecule has 2 saturated heterocycles. The van der Waals surface area contributed by atoms with Gasteiger partial charge < -0.3 is 24.5 Å². The van der Waals surface area contributed by atoms with E-state index in [4.69, 9.17) is 9.47 Å². The highest BCUT2D eigenvalue weighted by atomic mass is 19.1. The highest BCUT2D eigenvalue weighted by Gasteiger charge is 2.38. The minimum atomic E-state index is -1.04. The quantitative estimate of drug-likeness (QED) is 0.192. The Balaban J connectivity index is 1.86. The Labute approximate surface area is 238 Å². The molecule has 3 rings (SSSR count). The summed E-state index contributed by atoms with van der Waals surface area (Å²) in [5.41, 5.74) is 2.34. The number of morpholine rings is 1. The first-order chi connectivity index (χ1) is 19.0. The maximum atomic E-state index is 15.1. The van der Waals surface area contributed by atoms with Crippen molar-refractivity contribution in [1.82, 2.24) is 15.1 Å². The summed E-state index contributed by atoms with van der Waals surface area (Å²) in [6, 6.07) is 4.30. The average molecular weight is 551 g/mol. The summed E-state index contributed by atoms with van der Waals surface area (Å²) in [6.07, 6.45) is 8.07. The maximum absolute atomic E-state index is 15.1. The van der Waals surface area contributed by atoms with Crippen molar-refractivity contribution in [1.29, 1.82) is 0 Å². The first-order valence-electron chi connectivity index (χ1n) is 13.8. The lowest BCUT2D eigenvalue weighted by Gasteiger charge is -2.35. The predicted molar refractivity (Wildman–Crippen MR) is 157 cm³/mol. The molecule has 2 amide bonds. The lowest BCUT2D eigenvalue weighted by atomic mass is 9.61. The second-order valence-corrected chi connectivity index (χ2v) is 11.0. The zero-order valence-corrected chi connectivity index (χ0v) is 24.4. The molecular weight excluding hydrogens is 511 g/mol. The van der Waals surface area contributed by atoms with Gasteiger partial charge in [0.15, 0.2) is 15.7 Å². The van der Waals surface area contributed by atoms with Gasteiger partial charge in [-0.15, -0.1) is 0 Å². The van der Waals surface area contributed by atoms with Gasteiger partial charge in [0, 0.05) is 49.8 Å². The lowest BCUT2D eigenvalue weighted by molar-refractivity contribution is -0.136. The Kier molecular flexibility index (Phi) is 10.9. The minimum Gasteiger partial charge on any atom is -0.508 e. The molecule has 8 nitrogen and oxygen atoms in total. The number of hydrogen-bond donors (Lipinski definition) is 1. The van der Waals surface area contributed by atoms with Crippen LogP contribution in [0.5, 0.6) is 0 Å². The number of nitrogens with one attached hydrogen (secondary N) is 1. The standard InChI is InChI=1S/C29H40B2FN3O5/c1-5-6-8-23-22(17-35(28(23)38)26(9-7-12-36)27(37)33-4)18-39-29(30,31)24-13-21(10-11-25(24)32)16-34-14-19(2)40-20(3)15-34/h5-6,8,10-13,18-20,26H,7,9,14-17,30-31H2,1-4H3,(H,33,37)/b6-5-,22-18+,23-8+. The molecule has 0 aromatic heterocycles. The number of halogens is 1. The van der Waals surface area contributed by atoms with Crippen LogP contribution in [0.2, 0.25) is 0 Å². The molecule has 3 unspecified atom stereocenters. The summed E-state index contributed by atoms with van der Waals surface area (Å²) in [7, 11) is 5.07. The molecule has 2 aliphatic rings. The molecule has 2 aliphatic heterocycles. The highest BCUT2D eigenvalue weighted by molar-refractivity contribution is 6.38. The topological polar surface area (TPSA) is 88.2 Å².